The molecule has 1 N–H and O–H groups in total. The normalized spacial score (nSPS) is 12.9. The number of aromatic nitrogens is 1. The summed E-state index contributed by atoms with van der Waals surface area (Å²) in [5.41, 5.74) is 0. The molecule has 1 atom stereocenters. The van der Waals surface area contributed by atoms with Gasteiger partial charge in [-0.15, -0.1) is 22.7 Å². The van der Waals surface area contributed by atoms with Crippen LogP contribution in [0.2, 0.25) is 0 Å². The number of rotatable bonds is 4. The second kappa shape index (κ2) is 5.40. The number of hydrogen-bond acceptors (Lipinski definition) is 4. The van der Waals surface area contributed by atoms with Gasteiger partial charge < -0.3 is 5.32 Å². The van der Waals surface area contributed by atoms with E-state index >= 15 is 0 Å². The Morgan fingerprint density at radius 1 is 1.56 bits per heavy atom. The van der Waals surface area contributed by atoms with Crippen molar-refractivity contribution in [3.05, 3.63) is 36.9 Å². The maximum atomic E-state index is 4.25. The van der Waals surface area contributed by atoms with Crippen LogP contribution in [0.15, 0.2) is 22.1 Å². The monoisotopic (exact) mass is 316 g/mol. The first kappa shape index (κ1) is 12.2. The summed E-state index contributed by atoms with van der Waals surface area (Å²) in [7, 11) is 0. The molecule has 0 aliphatic rings. The van der Waals surface area contributed by atoms with Crippen molar-refractivity contribution in [2.75, 3.05) is 0 Å². The Morgan fingerprint density at radius 2 is 2.38 bits per heavy atom. The average Bonchev–Trinajstić information content (AvgIpc) is 2.84. The first-order chi connectivity index (χ1) is 7.65. The predicted octanol–water partition coefficient (Wildman–Crippen LogP) is 4.13. The molecule has 0 aliphatic carbocycles. The zero-order valence-electron chi connectivity index (χ0n) is 9.16. The third kappa shape index (κ3) is 3.13. The lowest BCUT2D eigenvalue weighted by atomic mass is 10.3. The molecular weight excluding hydrogens is 304 g/mol. The van der Waals surface area contributed by atoms with E-state index in [4.69, 9.17) is 0 Å². The van der Waals surface area contributed by atoms with Gasteiger partial charge in [-0.3, -0.25) is 0 Å². The third-order valence-electron chi connectivity index (χ3n) is 2.27. The zero-order valence-corrected chi connectivity index (χ0v) is 12.4. The highest BCUT2D eigenvalue weighted by Gasteiger charge is 2.08. The van der Waals surface area contributed by atoms with Crippen LogP contribution in [0.5, 0.6) is 0 Å². The van der Waals surface area contributed by atoms with E-state index in [2.05, 4.69) is 44.6 Å². The Kier molecular flexibility index (Phi) is 4.13. The van der Waals surface area contributed by atoms with E-state index in [-0.39, 0.29) is 0 Å². The highest BCUT2D eigenvalue weighted by molar-refractivity contribution is 9.10. The van der Waals surface area contributed by atoms with Gasteiger partial charge in [0.2, 0.25) is 0 Å². The van der Waals surface area contributed by atoms with Crippen molar-refractivity contribution in [1.29, 1.82) is 0 Å². The second-order valence-corrected chi connectivity index (χ2v) is 6.79. The van der Waals surface area contributed by atoms with E-state index in [0.29, 0.717) is 6.04 Å². The van der Waals surface area contributed by atoms with Crippen LogP contribution in [0, 0.1) is 6.92 Å². The van der Waals surface area contributed by atoms with Gasteiger partial charge in [0.1, 0.15) is 0 Å². The molecule has 2 rings (SSSR count). The molecule has 0 saturated heterocycles. The van der Waals surface area contributed by atoms with Gasteiger partial charge in [-0.25, -0.2) is 4.98 Å². The molecule has 0 aliphatic heterocycles. The van der Waals surface area contributed by atoms with Gasteiger partial charge in [0.15, 0.2) is 0 Å². The molecule has 2 aromatic heterocycles. The average molecular weight is 317 g/mol. The number of aryl methyl sites for hydroxylation is 1. The highest BCUT2D eigenvalue weighted by atomic mass is 79.9. The van der Waals surface area contributed by atoms with Crippen LogP contribution >= 0.6 is 38.6 Å². The van der Waals surface area contributed by atoms with Crippen molar-refractivity contribution in [2.24, 2.45) is 0 Å². The predicted molar refractivity (Wildman–Crippen MR) is 74.1 cm³/mol. The molecule has 0 spiro atoms. The lowest BCUT2D eigenvalue weighted by molar-refractivity contribution is 0.587. The van der Waals surface area contributed by atoms with Gasteiger partial charge in [0.05, 0.1) is 5.01 Å². The molecule has 0 bridgehead atoms. The minimum atomic E-state index is 0.388. The summed E-state index contributed by atoms with van der Waals surface area (Å²) < 4.78 is 1.16. The van der Waals surface area contributed by atoms with Crippen LogP contribution in [0.3, 0.4) is 0 Å². The Hall–Kier alpha value is -0.230. The Labute approximate surface area is 112 Å². The summed E-state index contributed by atoms with van der Waals surface area (Å²) >= 11 is 7.00. The molecule has 0 amide bonds. The Balaban J connectivity index is 1.91. The summed E-state index contributed by atoms with van der Waals surface area (Å²) in [5, 5.41) is 6.75. The van der Waals surface area contributed by atoms with Crippen LogP contribution in [0.25, 0.3) is 0 Å². The lowest BCUT2D eigenvalue weighted by Crippen LogP contribution is -2.16. The number of hydrogen-bond donors (Lipinski definition) is 1. The molecular formula is C11H13BrN2S2. The molecule has 16 heavy (non-hydrogen) atoms. The van der Waals surface area contributed by atoms with Crippen LogP contribution in [-0.4, -0.2) is 4.98 Å². The van der Waals surface area contributed by atoms with Crippen LogP contribution in [0.4, 0.5) is 0 Å². The van der Waals surface area contributed by atoms with Gasteiger partial charge in [0.25, 0.3) is 0 Å². The molecule has 1 unspecified atom stereocenters. The van der Waals surface area contributed by atoms with Crippen molar-refractivity contribution in [3.63, 3.8) is 0 Å². The molecule has 0 saturated carbocycles. The van der Waals surface area contributed by atoms with Gasteiger partial charge in [-0.1, -0.05) is 0 Å². The zero-order chi connectivity index (χ0) is 11.5. The Bertz CT molecular complexity index is 464. The van der Waals surface area contributed by atoms with Crippen molar-refractivity contribution < 1.29 is 0 Å². The van der Waals surface area contributed by atoms with E-state index in [0.717, 1.165) is 16.0 Å². The number of nitrogens with zero attached hydrogens (tertiary/aromatic N) is 1. The van der Waals surface area contributed by atoms with Crippen molar-refractivity contribution in [1.82, 2.24) is 10.3 Å². The van der Waals surface area contributed by atoms with E-state index in [1.165, 1.54) is 9.75 Å². The first-order valence-corrected chi connectivity index (χ1v) is 7.52. The van der Waals surface area contributed by atoms with Crippen molar-refractivity contribution in [3.8, 4) is 0 Å². The van der Waals surface area contributed by atoms with Crippen LogP contribution in [-0.2, 0) is 6.54 Å². The summed E-state index contributed by atoms with van der Waals surface area (Å²) in [6.45, 7) is 5.11. The quantitative estimate of drug-likeness (QED) is 0.917. The van der Waals surface area contributed by atoms with Crippen LogP contribution < -0.4 is 5.32 Å². The standard InChI is InChI=1S/C11H13BrN2S2/c1-7(11-3-9(12)6-15-11)13-4-10-5-14-8(2)16-10/h3,5-7,13H,4H2,1-2H3. The molecule has 0 aromatic carbocycles. The van der Waals surface area contributed by atoms with E-state index in [9.17, 15) is 0 Å². The summed E-state index contributed by atoms with van der Waals surface area (Å²) in [6.07, 6.45) is 1.95. The van der Waals surface area contributed by atoms with Gasteiger partial charge in [-0.05, 0) is 35.8 Å². The molecule has 86 valence electrons. The molecule has 2 nitrogen and oxygen atoms in total. The fourth-order valence-electron chi connectivity index (χ4n) is 1.40. The van der Waals surface area contributed by atoms with Gasteiger partial charge in [0, 0.05) is 38.4 Å². The summed E-state index contributed by atoms with van der Waals surface area (Å²) in [5.74, 6) is 0. The highest BCUT2D eigenvalue weighted by Crippen LogP contribution is 2.25. The third-order valence-corrected chi connectivity index (χ3v) is 5.06. The maximum absolute atomic E-state index is 4.25. The molecule has 0 radical (unpaired) electrons. The Morgan fingerprint density at radius 3 is 2.94 bits per heavy atom. The maximum Gasteiger partial charge on any atom is 0.0897 e. The smallest absolute Gasteiger partial charge is 0.0897 e. The topological polar surface area (TPSA) is 24.9 Å². The van der Waals surface area contributed by atoms with Gasteiger partial charge in [-0.2, -0.15) is 0 Å². The van der Waals surface area contributed by atoms with Gasteiger partial charge >= 0.3 is 0 Å². The van der Waals surface area contributed by atoms with E-state index in [1.54, 1.807) is 22.7 Å². The minimum absolute atomic E-state index is 0.388. The molecule has 2 aromatic rings. The fourth-order valence-corrected chi connectivity index (χ4v) is 3.62. The number of nitrogens with one attached hydrogen (secondary N) is 1. The summed E-state index contributed by atoms with van der Waals surface area (Å²) in [4.78, 5) is 6.89. The number of halogens is 1. The minimum Gasteiger partial charge on any atom is -0.304 e. The van der Waals surface area contributed by atoms with Crippen LogP contribution in [0.1, 0.15) is 27.7 Å². The molecule has 0 fully saturated rings. The molecule has 5 heteroatoms. The van der Waals surface area contributed by atoms with Crippen molar-refractivity contribution >= 4 is 38.6 Å². The largest absolute Gasteiger partial charge is 0.304 e. The summed E-state index contributed by atoms with van der Waals surface area (Å²) in [6, 6.07) is 2.55. The SMILES string of the molecule is Cc1ncc(CNC(C)c2cc(Br)cs2)s1. The fraction of sp³-hybridized carbons (Fsp3) is 0.364. The second-order valence-electron chi connectivity index (χ2n) is 3.62. The van der Waals surface area contributed by atoms with E-state index in [1.807, 2.05) is 13.1 Å². The molecule has 2 heterocycles. The number of thiazole rings is 1. The first-order valence-electron chi connectivity index (χ1n) is 5.04. The number of thiophene rings is 1. The lowest BCUT2D eigenvalue weighted by Gasteiger charge is -2.10. The van der Waals surface area contributed by atoms with E-state index < -0.39 is 0 Å². The van der Waals surface area contributed by atoms with Crippen molar-refractivity contribution in [2.45, 2.75) is 26.4 Å².